The number of para-hydroxylation sites is 1. The minimum absolute atomic E-state index is 0.300. The molecule has 0 radical (unpaired) electrons. The third-order valence-corrected chi connectivity index (χ3v) is 1.74. The van der Waals surface area contributed by atoms with E-state index in [0.29, 0.717) is 17.3 Å². The van der Waals surface area contributed by atoms with Crippen LogP contribution >= 0.6 is 0 Å². The van der Waals surface area contributed by atoms with E-state index in [0.717, 1.165) is 0 Å². The van der Waals surface area contributed by atoms with E-state index in [1.807, 2.05) is 18.2 Å². The van der Waals surface area contributed by atoms with Crippen molar-refractivity contribution in [1.29, 1.82) is 0 Å². The van der Waals surface area contributed by atoms with Crippen LogP contribution in [0.25, 0.3) is 0 Å². The third-order valence-electron chi connectivity index (χ3n) is 1.74. The van der Waals surface area contributed by atoms with Crippen LogP contribution in [0.5, 0.6) is 5.75 Å². The quantitative estimate of drug-likeness (QED) is 0.737. The predicted molar refractivity (Wildman–Crippen MR) is 53.5 cm³/mol. The molecule has 1 heterocycles. The first-order chi connectivity index (χ1) is 6.77. The van der Waals surface area contributed by atoms with E-state index in [2.05, 4.69) is 5.10 Å². The minimum atomic E-state index is 0.300. The summed E-state index contributed by atoms with van der Waals surface area (Å²) in [6.07, 6.45) is 1.44. The molecule has 0 fully saturated rings. The van der Waals surface area contributed by atoms with Gasteiger partial charge in [-0.05, 0) is 12.1 Å². The van der Waals surface area contributed by atoms with Gasteiger partial charge >= 0.3 is 0 Å². The van der Waals surface area contributed by atoms with Crippen LogP contribution in [0.1, 0.15) is 0 Å². The molecule has 5 nitrogen and oxygen atoms in total. The highest BCUT2D eigenvalue weighted by atomic mass is 16.7. The van der Waals surface area contributed by atoms with E-state index in [1.54, 1.807) is 12.1 Å². The molecule has 0 aliphatic carbocycles. The summed E-state index contributed by atoms with van der Waals surface area (Å²) < 4.78 is 0. The zero-order valence-corrected chi connectivity index (χ0v) is 7.42. The molecule has 5 heteroatoms. The van der Waals surface area contributed by atoms with Crippen molar-refractivity contribution in [3.8, 4) is 5.75 Å². The summed E-state index contributed by atoms with van der Waals surface area (Å²) in [5, 5.41) is 3.86. The van der Waals surface area contributed by atoms with Gasteiger partial charge in [0.25, 0.3) is 0 Å². The molecule has 0 saturated heterocycles. The van der Waals surface area contributed by atoms with Crippen molar-refractivity contribution in [1.82, 2.24) is 9.94 Å². The molecule has 0 aliphatic rings. The van der Waals surface area contributed by atoms with Gasteiger partial charge in [-0.2, -0.15) is 0 Å². The number of nitrogens with zero attached hydrogens (tertiary/aromatic N) is 2. The number of anilines is 2. The molecular weight excluding hydrogens is 180 g/mol. The molecule has 72 valence electrons. The average Bonchev–Trinajstić information content (AvgIpc) is 2.52. The van der Waals surface area contributed by atoms with Gasteiger partial charge in [0.1, 0.15) is 0 Å². The van der Waals surface area contributed by atoms with Gasteiger partial charge in [0.05, 0.1) is 11.9 Å². The summed E-state index contributed by atoms with van der Waals surface area (Å²) in [5.41, 5.74) is 11.5. The van der Waals surface area contributed by atoms with E-state index in [4.69, 9.17) is 16.3 Å². The Balaban J connectivity index is 2.23. The molecule has 0 amide bonds. The number of nitrogens with two attached hydrogens (primary N) is 2. The molecule has 0 aliphatic heterocycles. The Morgan fingerprint density at radius 3 is 2.43 bits per heavy atom. The molecule has 1 aromatic carbocycles. The molecule has 0 bridgehead atoms. The van der Waals surface area contributed by atoms with E-state index in [-0.39, 0.29) is 0 Å². The number of rotatable bonds is 2. The number of nitrogen functional groups attached to an aromatic ring is 2. The fraction of sp³-hybridized carbons (Fsp3) is 0. The lowest BCUT2D eigenvalue weighted by Gasteiger charge is -2.05. The molecule has 14 heavy (non-hydrogen) atoms. The van der Waals surface area contributed by atoms with Gasteiger partial charge in [-0.1, -0.05) is 23.0 Å². The first-order valence-electron chi connectivity index (χ1n) is 4.10. The smallest absolute Gasteiger partial charge is 0.187 e. The van der Waals surface area contributed by atoms with Crippen LogP contribution in [0.2, 0.25) is 0 Å². The van der Waals surface area contributed by atoms with Gasteiger partial charge in [0, 0.05) is 0 Å². The molecule has 0 spiro atoms. The first-order valence-corrected chi connectivity index (χ1v) is 4.10. The van der Waals surface area contributed by atoms with Gasteiger partial charge in [-0.25, -0.2) is 0 Å². The van der Waals surface area contributed by atoms with E-state index < -0.39 is 0 Å². The molecule has 0 atom stereocenters. The Labute approximate surface area is 80.8 Å². The standard InChI is InChI=1S/C9H10N4O/c10-8-6-12-13(9(8)11)14-7-4-2-1-3-5-7/h1-6H,10-11H2. The number of aromatic nitrogens is 2. The summed E-state index contributed by atoms with van der Waals surface area (Å²) >= 11 is 0. The Bertz CT molecular complexity index is 424. The Morgan fingerprint density at radius 2 is 1.86 bits per heavy atom. The van der Waals surface area contributed by atoms with Crippen molar-refractivity contribution in [2.75, 3.05) is 11.5 Å². The monoisotopic (exact) mass is 190 g/mol. The van der Waals surface area contributed by atoms with Crippen LogP contribution in [0.3, 0.4) is 0 Å². The third kappa shape index (κ3) is 1.47. The van der Waals surface area contributed by atoms with Crippen LogP contribution in [0.4, 0.5) is 11.5 Å². The molecule has 2 aromatic rings. The lowest BCUT2D eigenvalue weighted by molar-refractivity contribution is 0.185. The number of benzene rings is 1. The normalized spacial score (nSPS) is 10.0. The van der Waals surface area contributed by atoms with Gasteiger partial charge < -0.3 is 16.3 Å². The van der Waals surface area contributed by atoms with Gasteiger partial charge in [-0.3, -0.25) is 0 Å². The van der Waals surface area contributed by atoms with Crippen LogP contribution in [0, 0.1) is 0 Å². The summed E-state index contributed by atoms with van der Waals surface area (Å²) in [6, 6.07) is 9.22. The fourth-order valence-corrected chi connectivity index (χ4v) is 1.01. The van der Waals surface area contributed by atoms with Crippen molar-refractivity contribution in [3.05, 3.63) is 36.5 Å². The van der Waals surface area contributed by atoms with Gasteiger partial charge in [-0.15, -0.1) is 5.10 Å². The van der Waals surface area contributed by atoms with Crippen molar-refractivity contribution >= 4 is 11.5 Å². The molecule has 0 saturated carbocycles. The van der Waals surface area contributed by atoms with Crippen molar-refractivity contribution < 1.29 is 4.84 Å². The Hall–Kier alpha value is -2.17. The van der Waals surface area contributed by atoms with Gasteiger partial charge in [0.2, 0.25) is 0 Å². The largest absolute Gasteiger partial charge is 0.394 e. The van der Waals surface area contributed by atoms with Crippen LogP contribution < -0.4 is 16.3 Å². The van der Waals surface area contributed by atoms with Gasteiger partial charge in [0.15, 0.2) is 11.6 Å². The van der Waals surface area contributed by atoms with E-state index in [9.17, 15) is 0 Å². The maximum Gasteiger partial charge on any atom is 0.187 e. The molecule has 2 rings (SSSR count). The molecule has 0 unspecified atom stereocenters. The molecule has 1 aromatic heterocycles. The topological polar surface area (TPSA) is 79.1 Å². The summed E-state index contributed by atoms with van der Waals surface area (Å²) in [4.78, 5) is 6.52. The second-order valence-electron chi connectivity index (χ2n) is 2.76. The second kappa shape index (κ2) is 3.29. The number of hydrogen-bond acceptors (Lipinski definition) is 4. The molecule has 4 N–H and O–H groups in total. The highest BCUT2D eigenvalue weighted by Gasteiger charge is 2.04. The SMILES string of the molecule is Nc1cnn(Oc2ccccc2)c1N. The predicted octanol–water partition coefficient (Wildman–Crippen LogP) is 0.890. The average molecular weight is 190 g/mol. The summed E-state index contributed by atoms with van der Waals surface area (Å²) in [7, 11) is 0. The van der Waals surface area contributed by atoms with Crippen LogP contribution in [-0.4, -0.2) is 9.94 Å². The lowest BCUT2D eigenvalue weighted by Crippen LogP contribution is -2.10. The van der Waals surface area contributed by atoms with Crippen molar-refractivity contribution in [2.24, 2.45) is 0 Å². The lowest BCUT2D eigenvalue weighted by atomic mass is 10.3. The van der Waals surface area contributed by atoms with Crippen molar-refractivity contribution in [3.63, 3.8) is 0 Å². The zero-order chi connectivity index (χ0) is 9.97. The number of hydrogen-bond donors (Lipinski definition) is 2. The first kappa shape index (κ1) is 8.43. The second-order valence-corrected chi connectivity index (χ2v) is 2.76. The maximum atomic E-state index is 5.60. The highest BCUT2D eigenvalue weighted by molar-refractivity contribution is 5.56. The maximum absolute atomic E-state index is 5.60. The molecular formula is C9H10N4O. The van der Waals surface area contributed by atoms with E-state index in [1.165, 1.54) is 11.0 Å². The van der Waals surface area contributed by atoms with Crippen LogP contribution in [0.15, 0.2) is 36.5 Å². The summed E-state index contributed by atoms with van der Waals surface area (Å²) in [5.74, 6) is 0.955. The van der Waals surface area contributed by atoms with Crippen LogP contribution in [-0.2, 0) is 0 Å². The van der Waals surface area contributed by atoms with E-state index >= 15 is 0 Å². The minimum Gasteiger partial charge on any atom is -0.394 e. The Morgan fingerprint density at radius 1 is 1.14 bits per heavy atom. The zero-order valence-electron chi connectivity index (χ0n) is 7.42. The van der Waals surface area contributed by atoms with Crippen molar-refractivity contribution in [2.45, 2.75) is 0 Å². The fourth-order valence-electron chi connectivity index (χ4n) is 1.01. The summed E-state index contributed by atoms with van der Waals surface area (Å²) in [6.45, 7) is 0. The Kier molecular flexibility index (Phi) is 1.98. The highest BCUT2D eigenvalue weighted by Crippen LogP contribution is 2.15.